The fraction of sp³-hybridized carbons (Fsp3) is 0.857. The normalized spacial score (nSPS) is 55.1. The van der Waals surface area contributed by atoms with E-state index in [4.69, 9.17) is 0 Å². The first-order valence-corrected chi connectivity index (χ1v) is 13.0. The molecule has 0 unspecified atom stereocenters. The lowest BCUT2D eigenvalue weighted by Gasteiger charge is -2.68. The van der Waals surface area contributed by atoms with E-state index >= 15 is 0 Å². The minimum absolute atomic E-state index is 0.00815. The maximum Gasteiger partial charge on any atom is 0.309 e. The maximum absolute atomic E-state index is 14.0. The molecule has 0 spiro atoms. The minimum atomic E-state index is -0.701. The van der Waals surface area contributed by atoms with Crippen LogP contribution in [0.5, 0.6) is 0 Å². The van der Waals surface area contributed by atoms with E-state index in [1.165, 1.54) is 5.57 Å². The Morgan fingerprint density at radius 2 is 1.66 bits per heavy atom. The summed E-state index contributed by atoms with van der Waals surface area (Å²) in [5, 5.41) is 20.3. The second-order valence-corrected chi connectivity index (χ2v) is 13.6. The van der Waals surface area contributed by atoms with Gasteiger partial charge in [-0.1, -0.05) is 33.3 Å². The number of carboxylic acids is 1. The fourth-order valence-electron chi connectivity index (χ4n) is 9.49. The molecule has 178 valence electrons. The highest BCUT2D eigenvalue weighted by Crippen LogP contribution is 2.73. The highest BCUT2D eigenvalue weighted by Gasteiger charge is 2.68. The molecule has 0 saturated heterocycles. The van der Waals surface area contributed by atoms with Gasteiger partial charge in [0.1, 0.15) is 0 Å². The van der Waals surface area contributed by atoms with Gasteiger partial charge in [-0.05, 0) is 111 Å². The van der Waals surface area contributed by atoms with Crippen molar-refractivity contribution in [3.05, 3.63) is 11.6 Å². The van der Waals surface area contributed by atoms with E-state index in [9.17, 15) is 19.8 Å². The number of carbonyl (C=O) groups is 2. The molecule has 0 aliphatic heterocycles. The second-order valence-electron chi connectivity index (χ2n) is 13.6. The van der Waals surface area contributed by atoms with E-state index in [1.54, 1.807) is 0 Å². The molecule has 0 amide bonds. The molecule has 9 atom stereocenters. The number of carbonyl (C=O) groups excluding carboxylic acids is 1. The number of allylic oxidation sites excluding steroid dienone is 2. The molecule has 0 aromatic rings. The second kappa shape index (κ2) is 6.71. The lowest BCUT2D eigenvalue weighted by atomic mass is 9.35. The molecular weight excluding hydrogens is 400 g/mol. The smallest absolute Gasteiger partial charge is 0.309 e. The molecule has 4 saturated carbocycles. The number of rotatable bonds is 1. The first-order chi connectivity index (χ1) is 14.8. The van der Waals surface area contributed by atoms with Crippen molar-refractivity contribution in [2.24, 2.45) is 44.8 Å². The number of aliphatic carboxylic acids is 1. The van der Waals surface area contributed by atoms with Gasteiger partial charge in [0.2, 0.25) is 0 Å². The Kier molecular flexibility index (Phi) is 4.74. The first-order valence-electron chi connectivity index (χ1n) is 13.0. The van der Waals surface area contributed by atoms with Gasteiger partial charge in [0.15, 0.2) is 5.78 Å². The zero-order chi connectivity index (χ0) is 23.3. The average molecular weight is 443 g/mol. The number of hydrogen-bond donors (Lipinski definition) is 2. The largest absolute Gasteiger partial charge is 0.481 e. The van der Waals surface area contributed by atoms with Crippen molar-refractivity contribution in [2.45, 2.75) is 105 Å². The molecule has 4 fully saturated rings. The third-order valence-electron chi connectivity index (χ3n) is 12.1. The zero-order valence-electron chi connectivity index (χ0n) is 20.7. The quantitative estimate of drug-likeness (QED) is 0.540. The minimum Gasteiger partial charge on any atom is -0.481 e. The predicted molar refractivity (Wildman–Crippen MR) is 124 cm³/mol. The zero-order valence-corrected chi connectivity index (χ0v) is 20.7. The summed E-state index contributed by atoms with van der Waals surface area (Å²) in [6, 6.07) is 0. The Hall–Kier alpha value is -1.16. The summed E-state index contributed by atoms with van der Waals surface area (Å²) in [5.41, 5.74) is 0.473. The molecule has 4 heteroatoms. The van der Waals surface area contributed by atoms with Crippen LogP contribution in [-0.4, -0.2) is 28.1 Å². The number of hydrogen-bond acceptors (Lipinski definition) is 3. The number of carboxylic acid groups (broad SMARTS) is 1. The van der Waals surface area contributed by atoms with E-state index in [0.29, 0.717) is 12.3 Å². The average Bonchev–Trinajstić information content (AvgIpc) is 2.71. The van der Waals surface area contributed by atoms with Crippen LogP contribution in [0, 0.1) is 44.8 Å². The summed E-state index contributed by atoms with van der Waals surface area (Å²) in [7, 11) is 0. The van der Waals surface area contributed by atoms with Crippen LogP contribution in [0.25, 0.3) is 0 Å². The maximum atomic E-state index is 14.0. The number of aliphatic hydroxyl groups excluding tert-OH is 1. The Morgan fingerprint density at radius 1 is 0.969 bits per heavy atom. The molecule has 4 nitrogen and oxygen atoms in total. The molecule has 0 aromatic carbocycles. The van der Waals surface area contributed by atoms with Crippen LogP contribution in [0.4, 0.5) is 0 Å². The summed E-state index contributed by atoms with van der Waals surface area (Å²) in [5.74, 6) is 0.207. The summed E-state index contributed by atoms with van der Waals surface area (Å²) >= 11 is 0. The van der Waals surface area contributed by atoms with Crippen molar-refractivity contribution in [1.82, 2.24) is 0 Å². The van der Waals surface area contributed by atoms with Gasteiger partial charge in [0.05, 0.1) is 11.5 Å². The number of fused-ring (bicyclic) bond motifs is 7. The van der Waals surface area contributed by atoms with Crippen LogP contribution in [0.3, 0.4) is 0 Å². The van der Waals surface area contributed by atoms with Crippen molar-refractivity contribution in [3.8, 4) is 0 Å². The summed E-state index contributed by atoms with van der Waals surface area (Å²) in [6.45, 7) is 11.4. The molecule has 0 bridgehead atoms. The van der Waals surface area contributed by atoms with Crippen molar-refractivity contribution < 1.29 is 19.8 Å². The molecule has 32 heavy (non-hydrogen) atoms. The number of ketones is 1. The van der Waals surface area contributed by atoms with Gasteiger partial charge >= 0.3 is 5.97 Å². The van der Waals surface area contributed by atoms with Gasteiger partial charge in [-0.25, -0.2) is 0 Å². The van der Waals surface area contributed by atoms with Crippen molar-refractivity contribution in [2.75, 3.05) is 0 Å². The highest BCUT2D eigenvalue weighted by atomic mass is 16.4. The third-order valence-corrected chi connectivity index (χ3v) is 12.1. The van der Waals surface area contributed by atoms with E-state index in [-0.39, 0.29) is 45.4 Å². The van der Waals surface area contributed by atoms with Crippen molar-refractivity contribution in [1.29, 1.82) is 0 Å². The van der Waals surface area contributed by atoms with Crippen LogP contribution >= 0.6 is 0 Å². The molecule has 0 heterocycles. The van der Waals surface area contributed by atoms with Crippen molar-refractivity contribution in [3.63, 3.8) is 0 Å². The van der Waals surface area contributed by atoms with Gasteiger partial charge in [-0.15, -0.1) is 0 Å². The van der Waals surface area contributed by atoms with Crippen LogP contribution in [0.2, 0.25) is 0 Å². The Morgan fingerprint density at radius 3 is 2.34 bits per heavy atom. The van der Waals surface area contributed by atoms with Crippen LogP contribution in [-0.2, 0) is 9.59 Å². The molecule has 5 aliphatic rings. The summed E-state index contributed by atoms with van der Waals surface area (Å²) < 4.78 is 0. The van der Waals surface area contributed by atoms with Crippen LogP contribution < -0.4 is 0 Å². The van der Waals surface area contributed by atoms with Crippen LogP contribution in [0.1, 0.15) is 98.8 Å². The van der Waals surface area contributed by atoms with Gasteiger partial charge in [0, 0.05) is 5.92 Å². The lowest BCUT2D eigenvalue weighted by molar-refractivity contribution is -0.176. The summed E-state index contributed by atoms with van der Waals surface area (Å²) in [6.07, 6.45) is 11.0. The van der Waals surface area contributed by atoms with Gasteiger partial charge < -0.3 is 10.2 Å². The lowest BCUT2D eigenvalue weighted by Crippen LogP contribution is -2.64. The monoisotopic (exact) mass is 442 g/mol. The molecule has 0 aromatic heterocycles. The standard InChI is InChI=1S/C28H42O4/c1-24-10-11-25(2,23(31)32)16-20(24)19-15-21(30)22-26(3)8-7-18(29)14-17(26)6-9-28(22,5)27(19,4)13-12-24/h15,17-18,20,22,29H,6-14,16H2,1-5H3,(H,31,32)/t17-,18-,20+,22+,24+,25-,26-,27+,28+/m0/s1. The molecule has 2 N–H and O–H groups in total. The molecule has 5 aliphatic carbocycles. The summed E-state index contributed by atoms with van der Waals surface area (Å²) in [4.78, 5) is 26.2. The van der Waals surface area contributed by atoms with Gasteiger partial charge in [-0.2, -0.15) is 0 Å². The Balaban J connectivity index is 1.61. The van der Waals surface area contributed by atoms with E-state index < -0.39 is 11.4 Å². The van der Waals surface area contributed by atoms with Crippen LogP contribution in [0.15, 0.2) is 11.6 Å². The molecular formula is C28H42O4. The van der Waals surface area contributed by atoms with Gasteiger partial charge in [-0.3, -0.25) is 9.59 Å². The number of aliphatic hydroxyl groups is 1. The first kappa shape index (κ1) is 22.6. The molecule has 0 radical (unpaired) electrons. The SMILES string of the molecule is C[C@]1(C(=O)O)CC[C@]2(C)CC[C@]3(C)C(=CC(=O)[C@@H]4[C@@]5(C)CC[C@H](O)C[C@@H]5CC[C@]43C)[C@H]2C1. The van der Waals surface area contributed by atoms with Crippen molar-refractivity contribution >= 4 is 11.8 Å². The Bertz CT molecular complexity index is 892. The highest BCUT2D eigenvalue weighted by molar-refractivity contribution is 5.95. The fourth-order valence-corrected chi connectivity index (χ4v) is 9.49. The Labute approximate surface area is 193 Å². The predicted octanol–water partition coefficient (Wildman–Crippen LogP) is 5.78. The molecule has 5 rings (SSSR count). The van der Waals surface area contributed by atoms with E-state index in [1.807, 2.05) is 13.0 Å². The van der Waals surface area contributed by atoms with E-state index in [0.717, 1.165) is 57.8 Å². The topological polar surface area (TPSA) is 74.6 Å². The van der Waals surface area contributed by atoms with E-state index in [2.05, 4.69) is 27.7 Å². The van der Waals surface area contributed by atoms with Gasteiger partial charge in [0.25, 0.3) is 0 Å². The third kappa shape index (κ3) is 2.71.